The minimum absolute atomic E-state index is 0.147. The number of hydrogen-bond donors (Lipinski definition) is 1. The van der Waals surface area contributed by atoms with Crippen LogP contribution in [0.25, 0.3) is 0 Å². The molecule has 3 rings (SSSR count). The van der Waals surface area contributed by atoms with Gasteiger partial charge in [-0.2, -0.15) is 0 Å². The van der Waals surface area contributed by atoms with Crippen molar-refractivity contribution < 1.29 is 17.6 Å². The van der Waals surface area contributed by atoms with Gasteiger partial charge in [-0.25, -0.2) is 8.42 Å². The van der Waals surface area contributed by atoms with Crippen LogP contribution in [0.1, 0.15) is 40.8 Å². The Morgan fingerprint density at radius 2 is 1.92 bits per heavy atom. The normalized spacial score (nSPS) is 20.4. The van der Waals surface area contributed by atoms with Crippen molar-refractivity contribution in [1.82, 2.24) is 5.32 Å². The maximum Gasteiger partial charge on any atom is 0.287 e. The number of hydrogen-bond acceptors (Lipinski definition) is 4. The Morgan fingerprint density at radius 1 is 1.21 bits per heavy atom. The van der Waals surface area contributed by atoms with E-state index < -0.39 is 9.84 Å². The highest BCUT2D eigenvalue weighted by molar-refractivity contribution is 7.89. The SMILES string of the molecule is CC1(NC(=O)c2ccc(CS(C)(=O)=O)o2)CCc2ccccc2C1. The lowest BCUT2D eigenvalue weighted by Crippen LogP contribution is -2.49. The van der Waals surface area contributed by atoms with Gasteiger partial charge in [0.25, 0.3) is 5.91 Å². The van der Waals surface area contributed by atoms with Gasteiger partial charge in [0.1, 0.15) is 11.5 Å². The quantitative estimate of drug-likeness (QED) is 0.922. The van der Waals surface area contributed by atoms with Crippen LogP contribution in [0.2, 0.25) is 0 Å². The number of sulfone groups is 1. The third-order valence-electron chi connectivity index (χ3n) is 4.35. The van der Waals surface area contributed by atoms with Crippen molar-refractivity contribution in [1.29, 1.82) is 0 Å². The number of aryl methyl sites for hydroxylation is 1. The highest BCUT2D eigenvalue weighted by Crippen LogP contribution is 2.28. The van der Waals surface area contributed by atoms with E-state index in [1.54, 1.807) is 0 Å². The van der Waals surface area contributed by atoms with Crippen LogP contribution in [0.15, 0.2) is 40.8 Å². The highest BCUT2D eigenvalue weighted by atomic mass is 32.2. The predicted molar refractivity (Wildman–Crippen MR) is 91.6 cm³/mol. The number of nitrogens with one attached hydrogen (secondary N) is 1. The fourth-order valence-corrected chi connectivity index (χ4v) is 3.84. The summed E-state index contributed by atoms with van der Waals surface area (Å²) in [5.41, 5.74) is 2.25. The van der Waals surface area contributed by atoms with Gasteiger partial charge in [-0.1, -0.05) is 24.3 Å². The summed E-state index contributed by atoms with van der Waals surface area (Å²) in [6.07, 6.45) is 3.68. The first-order chi connectivity index (χ1) is 11.2. The van der Waals surface area contributed by atoms with E-state index in [-0.39, 0.29) is 28.7 Å². The zero-order valence-electron chi connectivity index (χ0n) is 13.8. The topological polar surface area (TPSA) is 76.4 Å². The molecule has 1 aliphatic carbocycles. The molecule has 0 fully saturated rings. The van der Waals surface area contributed by atoms with Crippen molar-refractivity contribution in [3.8, 4) is 0 Å². The third-order valence-corrected chi connectivity index (χ3v) is 5.16. The van der Waals surface area contributed by atoms with E-state index in [0.29, 0.717) is 0 Å². The van der Waals surface area contributed by atoms with Crippen molar-refractivity contribution in [3.05, 3.63) is 59.0 Å². The van der Waals surface area contributed by atoms with Crippen LogP contribution in [0, 0.1) is 0 Å². The minimum Gasteiger partial charge on any atom is -0.455 e. The molecule has 5 nitrogen and oxygen atoms in total. The molecule has 1 N–H and O–H groups in total. The maximum absolute atomic E-state index is 12.5. The number of carbonyl (C=O) groups excluding carboxylic acids is 1. The van der Waals surface area contributed by atoms with E-state index >= 15 is 0 Å². The lowest BCUT2D eigenvalue weighted by atomic mass is 9.79. The smallest absolute Gasteiger partial charge is 0.287 e. The van der Waals surface area contributed by atoms with Gasteiger partial charge in [0, 0.05) is 11.8 Å². The second kappa shape index (κ2) is 6.09. The minimum atomic E-state index is -3.19. The molecule has 1 aromatic heterocycles. The summed E-state index contributed by atoms with van der Waals surface area (Å²) >= 11 is 0. The molecule has 0 spiro atoms. The Bertz CT molecular complexity index is 869. The number of amides is 1. The second-order valence-corrected chi connectivity index (χ2v) is 8.94. The molecule has 1 amide bonds. The summed E-state index contributed by atoms with van der Waals surface area (Å²) in [5.74, 6) is -0.0857. The van der Waals surface area contributed by atoms with Gasteiger partial charge in [-0.3, -0.25) is 4.79 Å². The van der Waals surface area contributed by atoms with Gasteiger partial charge in [-0.15, -0.1) is 0 Å². The lowest BCUT2D eigenvalue weighted by molar-refractivity contribution is 0.0868. The summed E-state index contributed by atoms with van der Waals surface area (Å²) in [5, 5.41) is 3.05. The molecule has 0 radical (unpaired) electrons. The average Bonchev–Trinajstić information content (AvgIpc) is 2.93. The monoisotopic (exact) mass is 347 g/mol. The Balaban J connectivity index is 1.71. The van der Waals surface area contributed by atoms with Crippen molar-refractivity contribution in [2.75, 3.05) is 6.26 Å². The molecule has 1 aliphatic rings. The van der Waals surface area contributed by atoms with Gasteiger partial charge in [0.2, 0.25) is 0 Å². The molecule has 0 saturated heterocycles. The average molecular weight is 347 g/mol. The molecule has 0 bridgehead atoms. The van der Waals surface area contributed by atoms with E-state index in [1.807, 2.05) is 19.1 Å². The molecule has 2 aromatic rings. The molecule has 0 aliphatic heterocycles. The molecule has 1 heterocycles. The number of fused-ring (bicyclic) bond motifs is 1. The van der Waals surface area contributed by atoms with Crippen molar-refractivity contribution >= 4 is 15.7 Å². The van der Waals surface area contributed by atoms with Crippen LogP contribution < -0.4 is 5.32 Å². The molecule has 24 heavy (non-hydrogen) atoms. The van der Waals surface area contributed by atoms with Crippen LogP contribution >= 0.6 is 0 Å². The van der Waals surface area contributed by atoms with Gasteiger partial charge in [-0.05, 0) is 49.4 Å². The Kier molecular flexibility index (Phi) is 4.25. The largest absolute Gasteiger partial charge is 0.455 e. The fourth-order valence-electron chi connectivity index (χ4n) is 3.17. The van der Waals surface area contributed by atoms with Gasteiger partial charge in [0.05, 0.1) is 0 Å². The number of carbonyl (C=O) groups is 1. The van der Waals surface area contributed by atoms with Crippen LogP contribution in [0.4, 0.5) is 0 Å². The standard InChI is InChI=1S/C18H21NO4S/c1-18(10-9-13-5-3-4-6-14(13)11-18)19-17(20)16-8-7-15(23-16)12-24(2,21)22/h3-8H,9-12H2,1-2H3,(H,19,20). The predicted octanol–water partition coefficient (Wildman–Crippen LogP) is 2.50. The fraction of sp³-hybridized carbons (Fsp3) is 0.389. The van der Waals surface area contributed by atoms with Crippen LogP contribution in [0.3, 0.4) is 0 Å². The first kappa shape index (κ1) is 16.8. The Hall–Kier alpha value is -2.08. The second-order valence-electron chi connectivity index (χ2n) is 6.80. The summed E-state index contributed by atoms with van der Waals surface area (Å²) in [6.45, 7) is 2.03. The van der Waals surface area contributed by atoms with Gasteiger partial charge in [0.15, 0.2) is 15.6 Å². The van der Waals surface area contributed by atoms with Crippen molar-refractivity contribution in [2.45, 2.75) is 37.5 Å². The zero-order valence-corrected chi connectivity index (χ0v) is 14.7. The molecule has 1 unspecified atom stereocenters. The van der Waals surface area contributed by atoms with Crippen molar-refractivity contribution in [2.24, 2.45) is 0 Å². The maximum atomic E-state index is 12.5. The molecular weight excluding hydrogens is 326 g/mol. The van der Waals surface area contributed by atoms with E-state index in [9.17, 15) is 13.2 Å². The molecular formula is C18H21NO4S. The number of benzene rings is 1. The van der Waals surface area contributed by atoms with E-state index in [1.165, 1.54) is 23.3 Å². The van der Waals surface area contributed by atoms with E-state index in [4.69, 9.17) is 4.42 Å². The molecule has 0 saturated carbocycles. The Morgan fingerprint density at radius 3 is 2.62 bits per heavy atom. The van der Waals surface area contributed by atoms with Gasteiger partial charge >= 0.3 is 0 Å². The Labute approximate surface area is 142 Å². The highest BCUT2D eigenvalue weighted by Gasteiger charge is 2.32. The van der Waals surface area contributed by atoms with Crippen molar-refractivity contribution in [3.63, 3.8) is 0 Å². The third kappa shape index (κ3) is 3.87. The molecule has 1 aromatic carbocycles. The lowest BCUT2D eigenvalue weighted by Gasteiger charge is -2.35. The molecule has 128 valence electrons. The summed E-state index contributed by atoms with van der Waals surface area (Å²) in [4.78, 5) is 12.5. The van der Waals surface area contributed by atoms with Crippen LogP contribution in [-0.4, -0.2) is 26.1 Å². The first-order valence-electron chi connectivity index (χ1n) is 7.90. The molecule has 6 heteroatoms. The van der Waals surface area contributed by atoms with Crippen LogP contribution in [0.5, 0.6) is 0 Å². The van der Waals surface area contributed by atoms with Crippen LogP contribution in [-0.2, 0) is 28.4 Å². The summed E-state index contributed by atoms with van der Waals surface area (Å²) in [7, 11) is -3.19. The summed E-state index contributed by atoms with van der Waals surface area (Å²) < 4.78 is 28.0. The number of furan rings is 1. The number of rotatable bonds is 4. The van der Waals surface area contributed by atoms with E-state index in [0.717, 1.165) is 25.5 Å². The summed E-state index contributed by atoms with van der Waals surface area (Å²) in [6, 6.07) is 11.3. The van der Waals surface area contributed by atoms with E-state index in [2.05, 4.69) is 17.4 Å². The molecule has 1 atom stereocenters. The zero-order chi connectivity index (χ0) is 17.4. The van der Waals surface area contributed by atoms with Gasteiger partial charge < -0.3 is 9.73 Å². The first-order valence-corrected chi connectivity index (χ1v) is 9.96.